The van der Waals surface area contributed by atoms with Gasteiger partial charge in [-0.3, -0.25) is 24.4 Å². The Bertz CT molecular complexity index is 1000. The Balaban J connectivity index is -0.000000572. The van der Waals surface area contributed by atoms with Crippen molar-refractivity contribution >= 4 is 24.3 Å². The fourth-order valence-corrected chi connectivity index (χ4v) is 3.76. The van der Waals surface area contributed by atoms with Crippen LogP contribution < -0.4 is 5.32 Å². The number of allylic oxidation sites excluding steroid dienone is 2. The minimum absolute atomic E-state index is 0. The van der Waals surface area contributed by atoms with Crippen molar-refractivity contribution in [2.24, 2.45) is 0 Å². The number of carbonyl (C=O) groups excluding carboxylic acids is 4. The quantitative estimate of drug-likeness (QED) is 0.0177. The Labute approximate surface area is 367 Å². The second-order valence-electron chi connectivity index (χ2n) is 15.1. The summed E-state index contributed by atoms with van der Waals surface area (Å²) in [6.07, 6.45) is 6.52. The number of esters is 3. The zero-order chi connectivity index (χ0) is 43.5. The maximum Gasteiger partial charge on any atom is 0.308 e. The first-order valence-electron chi connectivity index (χ1n) is 18.7. The SMILES string of the molecule is C=C/C=C(\C=C)COO.CC(C)(C)OC(=O)CCOCC(COCCC(=O)OC(C)(C)C)(COCCC(=O)OC(C)(C)C)NC=O.CCCOCCOCC[NH-].[Y]. The number of nitrogens with one attached hydrogen (secondary N) is 2. The molecule has 0 fully saturated rings. The summed E-state index contributed by atoms with van der Waals surface area (Å²) in [5.74, 6) is -1.24. The molecular weight excluding hydrogens is 821 g/mol. The fourth-order valence-electron chi connectivity index (χ4n) is 3.76. The molecule has 331 valence electrons. The van der Waals surface area contributed by atoms with E-state index in [0.29, 0.717) is 32.8 Å². The predicted molar refractivity (Wildman–Crippen MR) is 214 cm³/mol. The van der Waals surface area contributed by atoms with Gasteiger partial charge in [-0.05, 0) is 74.3 Å². The molecule has 0 rings (SSSR count). The molecule has 0 heterocycles. The van der Waals surface area contributed by atoms with Crippen molar-refractivity contribution in [3.8, 4) is 0 Å². The molecule has 0 atom stereocenters. The summed E-state index contributed by atoms with van der Waals surface area (Å²) in [6, 6.07) is 0. The molecule has 0 spiro atoms. The van der Waals surface area contributed by atoms with E-state index in [4.69, 9.17) is 48.9 Å². The summed E-state index contributed by atoms with van der Waals surface area (Å²) < 4.78 is 42.9. The standard InChI is InChI=1S/C26H47NO10.C7H16NO2.C7H10O2.Y/c1-23(2,3)35-20(29)10-13-32-16-26(27-19-28,17-33-14-11-21(30)36-24(4,5)6)18-34-15-12-22(31)37-25(7,8)9;1-2-4-9-6-7-10-5-3-8;1-3-5-7(4-2)6-9-8;/h19H,10-18H2,1-9H3,(H,27,28);8H,2-7H2,1H3;3-5,8H,1-2,6H2;/q;-1;;/b;;7-5+;. The topological polar surface area (TPSA) is 207 Å². The van der Waals surface area contributed by atoms with Gasteiger partial charge < -0.3 is 48.9 Å². The molecule has 0 aliphatic rings. The molecule has 1 amide bonds. The Kier molecular flexibility index (Phi) is 39.9. The summed E-state index contributed by atoms with van der Waals surface area (Å²) in [5.41, 5.74) is 4.60. The van der Waals surface area contributed by atoms with Gasteiger partial charge in [0.25, 0.3) is 0 Å². The van der Waals surface area contributed by atoms with Gasteiger partial charge in [-0.1, -0.05) is 38.3 Å². The third-order valence-corrected chi connectivity index (χ3v) is 5.90. The van der Waals surface area contributed by atoms with Crippen molar-refractivity contribution in [1.29, 1.82) is 0 Å². The van der Waals surface area contributed by atoms with Gasteiger partial charge in [0.1, 0.15) is 28.9 Å². The number of ether oxygens (including phenoxy) is 8. The number of hydrogen-bond donors (Lipinski definition) is 2. The summed E-state index contributed by atoms with van der Waals surface area (Å²) in [5, 5.41) is 10.6. The third kappa shape index (κ3) is 46.4. The van der Waals surface area contributed by atoms with Crippen LogP contribution in [0.5, 0.6) is 0 Å². The molecule has 0 unspecified atom stereocenters. The van der Waals surface area contributed by atoms with Gasteiger partial charge in [0, 0.05) is 45.9 Å². The molecule has 0 saturated carbocycles. The number of carbonyl (C=O) groups is 4. The Morgan fingerprint density at radius 3 is 1.32 bits per heavy atom. The summed E-state index contributed by atoms with van der Waals surface area (Å²) >= 11 is 0. The molecular formula is C40H73N2O14Y-. The van der Waals surface area contributed by atoms with Crippen molar-refractivity contribution in [3.05, 3.63) is 42.7 Å². The van der Waals surface area contributed by atoms with Crippen LogP contribution in [0.15, 0.2) is 37.0 Å². The molecule has 0 aromatic carbocycles. The molecule has 17 heteroatoms. The van der Waals surface area contributed by atoms with Crippen LogP contribution in [0.4, 0.5) is 0 Å². The summed E-state index contributed by atoms with van der Waals surface area (Å²) in [6.45, 7) is 28.1. The number of amides is 1. The van der Waals surface area contributed by atoms with E-state index in [0.717, 1.165) is 18.6 Å². The van der Waals surface area contributed by atoms with Crippen LogP contribution in [0.2, 0.25) is 0 Å². The first kappa shape index (κ1) is 61.5. The normalized spacial score (nSPS) is 11.7. The Morgan fingerprint density at radius 2 is 1.04 bits per heavy atom. The van der Waals surface area contributed by atoms with Crippen molar-refractivity contribution in [2.45, 2.75) is 117 Å². The third-order valence-electron chi connectivity index (χ3n) is 5.90. The predicted octanol–water partition coefficient (Wildman–Crippen LogP) is 5.97. The summed E-state index contributed by atoms with van der Waals surface area (Å²) in [7, 11) is 0. The molecule has 0 aromatic heterocycles. The van der Waals surface area contributed by atoms with Crippen molar-refractivity contribution < 1.29 is 99.9 Å². The first-order valence-corrected chi connectivity index (χ1v) is 18.7. The smallest absolute Gasteiger partial charge is 0.308 e. The second-order valence-corrected chi connectivity index (χ2v) is 15.1. The fraction of sp³-hybridized carbons (Fsp3) is 0.750. The van der Waals surface area contributed by atoms with Crippen molar-refractivity contribution in [3.63, 3.8) is 0 Å². The van der Waals surface area contributed by atoms with Gasteiger partial charge in [0.15, 0.2) is 0 Å². The van der Waals surface area contributed by atoms with Crippen molar-refractivity contribution in [2.75, 3.05) is 79.2 Å². The van der Waals surface area contributed by atoms with Crippen LogP contribution in [-0.4, -0.2) is 131 Å². The van der Waals surface area contributed by atoms with E-state index in [1.54, 1.807) is 80.5 Å². The van der Waals surface area contributed by atoms with Gasteiger partial charge in [-0.2, -0.15) is 0 Å². The Hall–Kier alpha value is -2.12. The van der Waals surface area contributed by atoms with Gasteiger partial charge in [-0.15, -0.1) is 6.54 Å². The molecule has 0 aliphatic carbocycles. The van der Waals surface area contributed by atoms with E-state index in [1.165, 1.54) is 0 Å². The molecule has 0 saturated heterocycles. The van der Waals surface area contributed by atoms with Crippen LogP contribution >= 0.6 is 0 Å². The second kappa shape index (κ2) is 36.9. The largest absolute Gasteiger partial charge is 0.676 e. The van der Waals surface area contributed by atoms with Gasteiger partial charge >= 0.3 is 17.9 Å². The van der Waals surface area contributed by atoms with E-state index in [-0.39, 0.29) is 98.2 Å². The molecule has 3 N–H and O–H groups in total. The van der Waals surface area contributed by atoms with Crippen LogP contribution in [0.3, 0.4) is 0 Å². The molecule has 0 aliphatic heterocycles. The average molecular weight is 895 g/mol. The van der Waals surface area contributed by atoms with Gasteiger partial charge in [-0.25, -0.2) is 4.89 Å². The zero-order valence-electron chi connectivity index (χ0n) is 36.4. The number of hydrogen-bond acceptors (Lipinski definition) is 14. The maximum atomic E-state index is 11.9. The first-order chi connectivity index (χ1) is 26.1. The zero-order valence-corrected chi connectivity index (χ0v) is 39.2. The molecule has 0 bridgehead atoms. The minimum Gasteiger partial charge on any atom is -0.676 e. The Morgan fingerprint density at radius 1 is 0.649 bits per heavy atom. The minimum atomic E-state index is -1.13. The van der Waals surface area contributed by atoms with E-state index in [2.05, 4.69) is 30.3 Å². The maximum absolute atomic E-state index is 11.9. The van der Waals surface area contributed by atoms with E-state index in [1.807, 2.05) is 0 Å². The molecule has 16 nitrogen and oxygen atoms in total. The number of rotatable bonds is 28. The van der Waals surface area contributed by atoms with Crippen molar-refractivity contribution in [1.82, 2.24) is 5.32 Å². The summed E-state index contributed by atoms with van der Waals surface area (Å²) in [4.78, 5) is 51.1. The van der Waals surface area contributed by atoms with Gasteiger partial charge in [0.05, 0.1) is 72.1 Å². The van der Waals surface area contributed by atoms with E-state index >= 15 is 0 Å². The van der Waals surface area contributed by atoms with Crippen LogP contribution in [0.1, 0.15) is 94.9 Å². The van der Waals surface area contributed by atoms with Crippen LogP contribution in [0, 0.1) is 0 Å². The van der Waals surface area contributed by atoms with Gasteiger partial charge in [0.2, 0.25) is 6.41 Å². The van der Waals surface area contributed by atoms with Crippen LogP contribution in [-0.2, 0) is 94.7 Å². The molecule has 0 aromatic rings. The van der Waals surface area contributed by atoms with Crippen LogP contribution in [0.25, 0.3) is 5.73 Å². The monoisotopic (exact) mass is 894 g/mol. The average Bonchev–Trinajstić information content (AvgIpc) is 3.07. The van der Waals surface area contributed by atoms with E-state index < -0.39 is 40.2 Å². The molecule has 1 radical (unpaired) electrons. The molecule has 57 heavy (non-hydrogen) atoms. The van der Waals surface area contributed by atoms with E-state index in [9.17, 15) is 19.2 Å².